The summed E-state index contributed by atoms with van der Waals surface area (Å²) in [6.07, 6.45) is 0. The van der Waals surface area contributed by atoms with E-state index in [4.69, 9.17) is 9.52 Å². The minimum absolute atomic E-state index is 0.214. The normalized spacial score (nSPS) is 13.1. The summed E-state index contributed by atoms with van der Waals surface area (Å²) in [5.74, 6) is 1.22. The van der Waals surface area contributed by atoms with Crippen molar-refractivity contribution in [2.24, 2.45) is 5.92 Å². The molecule has 1 unspecified atom stereocenters. The first-order valence-electron chi connectivity index (χ1n) is 6.41. The summed E-state index contributed by atoms with van der Waals surface area (Å²) >= 11 is 0. The molecule has 1 aromatic heterocycles. The lowest BCUT2D eigenvalue weighted by Crippen LogP contribution is -2.22. The van der Waals surface area contributed by atoms with Gasteiger partial charge in [-0.2, -0.15) is 0 Å². The second-order valence-electron chi connectivity index (χ2n) is 5.11. The van der Waals surface area contributed by atoms with E-state index in [0.29, 0.717) is 6.54 Å². The molecule has 1 aromatic carbocycles. The molecule has 0 spiro atoms. The van der Waals surface area contributed by atoms with Gasteiger partial charge in [-0.1, -0.05) is 6.92 Å². The van der Waals surface area contributed by atoms with E-state index in [1.807, 2.05) is 6.92 Å². The van der Waals surface area contributed by atoms with Gasteiger partial charge < -0.3 is 14.8 Å². The molecule has 0 fully saturated rings. The van der Waals surface area contributed by atoms with Crippen molar-refractivity contribution in [3.05, 3.63) is 35.1 Å². The SMILES string of the molecule is Cc1cc2cc(CNCC(C)CO)oc2cc1C. The average Bonchev–Trinajstić information content (AvgIpc) is 2.71. The van der Waals surface area contributed by atoms with Gasteiger partial charge in [-0.05, 0) is 49.1 Å². The van der Waals surface area contributed by atoms with E-state index in [1.165, 1.54) is 11.1 Å². The lowest BCUT2D eigenvalue weighted by molar-refractivity contribution is 0.233. The van der Waals surface area contributed by atoms with Crippen LogP contribution in [-0.4, -0.2) is 18.3 Å². The molecule has 3 nitrogen and oxygen atoms in total. The van der Waals surface area contributed by atoms with Gasteiger partial charge in [0.05, 0.1) is 6.54 Å². The Labute approximate surface area is 108 Å². The molecule has 0 aliphatic carbocycles. The topological polar surface area (TPSA) is 45.4 Å². The van der Waals surface area contributed by atoms with Gasteiger partial charge in [0.2, 0.25) is 0 Å². The summed E-state index contributed by atoms with van der Waals surface area (Å²) in [6, 6.07) is 6.33. The number of hydrogen-bond acceptors (Lipinski definition) is 3. The summed E-state index contributed by atoms with van der Waals surface area (Å²) < 4.78 is 5.79. The first-order chi connectivity index (χ1) is 8.60. The third kappa shape index (κ3) is 2.92. The molecule has 3 heteroatoms. The van der Waals surface area contributed by atoms with Crippen molar-refractivity contribution in [1.29, 1.82) is 0 Å². The third-order valence-corrected chi connectivity index (χ3v) is 3.29. The van der Waals surface area contributed by atoms with Gasteiger partial charge in [-0.3, -0.25) is 0 Å². The van der Waals surface area contributed by atoms with Gasteiger partial charge in [0.25, 0.3) is 0 Å². The molecule has 2 aromatic rings. The van der Waals surface area contributed by atoms with Crippen molar-refractivity contribution in [2.75, 3.05) is 13.2 Å². The molecule has 0 bridgehead atoms. The number of benzene rings is 1. The van der Waals surface area contributed by atoms with Crippen LogP contribution in [0, 0.1) is 19.8 Å². The van der Waals surface area contributed by atoms with Crippen molar-refractivity contribution in [2.45, 2.75) is 27.3 Å². The summed E-state index contributed by atoms with van der Waals surface area (Å²) in [5.41, 5.74) is 3.49. The Morgan fingerprint density at radius 2 is 1.94 bits per heavy atom. The molecule has 0 radical (unpaired) electrons. The van der Waals surface area contributed by atoms with E-state index in [9.17, 15) is 0 Å². The van der Waals surface area contributed by atoms with Crippen LogP contribution in [0.1, 0.15) is 23.8 Å². The number of aryl methyl sites for hydroxylation is 2. The molecule has 18 heavy (non-hydrogen) atoms. The zero-order chi connectivity index (χ0) is 13.1. The van der Waals surface area contributed by atoms with E-state index in [1.54, 1.807) is 0 Å². The minimum Gasteiger partial charge on any atom is -0.460 e. The number of aliphatic hydroxyl groups is 1. The van der Waals surface area contributed by atoms with Crippen LogP contribution in [0.25, 0.3) is 11.0 Å². The van der Waals surface area contributed by atoms with E-state index < -0.39 is 0 Å². The van der Waals surface area contributed by atoms with Crippen LogP contribution in [0.2, 0.25) is 0 Å². The monoisotopic (exact) mass is 247 g/mol. The van der Waals surface area contributed by atoms with Gasteiger partial charge in [0.1, 0.15) is 11.3 Å². The van der Waals surface area contributed by atoms with E-state index in [2.05, 4.69) is 37.4 Å². The predicted molar refractivity (Wildman–Crippen MR) is 73.6 cm³/mol. The zero-order valence-electron chi connectivity index (χ0n) is 11.3. The highest BCUT2D eigenvalue weighted by molar-refractivity contribution is 5.79. The summed E-state index contributed by atoms with van der Waals surface area (Å²) in [4.78, 5) is 0. The molecular weight excluding hydrogens is 226 g/mol. The van der Waals surface area contributed by atoms with Crippen molar-refractivity contribution >= 4 is 11.0 Å². The largest absolute Gasteiger partial charge is 0.460 e. The van der Waals surface area contributed by atoms with E-state index in [0.717, 1.165) is 23.3 Å². The fourth-order valence-corrected chi connectivity index (χ4v) is 1.95. The van der Waals surface area contributed by atoms with Crippen LogP contribution in [0.4, 0.5) is 0 Å². The second kappa shape index (κ2) is 5.55. The predicted octanol–water partition coefficient (Wildman–Crippen LogP) is 2.77. The molecule has 1 atom stereocenters. The molecule has 98 valence electrons. The van der Waals surface area contributed by atoms with Gasteiger partial charge in [-0.15, -0.1) is 0 Å². The molecule has 0 amide bonds. The zero-order valence-corrected chi connectivity index (χ0v) is 11.3. The molecule has 1 heterocycles. The molecule has 0 saturated heterocycles. The van der Waals surface area contributed by atoms with E-state index in [-0.39, 0.29) is 12.5 Å². The molecule has 0 saturated carbocycles. The van der Waals surface area contributed by atoms with Crippen molar-refractivity contribution in [1.82, 2.24) is 5.32 Å². The van der Waals surface area contributed by atoms with Crippen LogP contribution in [0.3, 0.4) is 0 Å². The van der Waals surface area contributed by atoms with Crippen molar-refractivity contribution in [3.63, 3.8) is 0 Å². The Balaban J connectivity index is 2.06. The Bertz CT molecular complexity index is 492. The fourth-order valence-electron chi connectivity index (χ4n) is 1.95. The first-order valence-corrected chi connectivity index (χ1v) is 6.41. The van der Waals surface area contributed by atoms with Crippen LogP contribution in [0.5, 0.6) is 0 Å². The first kappa shape index (κ1) is 13.1. The third-order valence-electron chi connectivity index (χ3n) is 3.29. The van der Waals surface area contributed by atoms with Crippen LogP contribution in [0.15, 0.2) is 22.6 Å². The highest BCUT2D eigenvalue weighted by Crippen LogP contribution is 2.23. The Hall–Kier alpha value is -1.32. The summed E-state index contributed by atoms with van der Waals surface area (Å²) in [6.45, 7) is 7.94. The second-order valence-corrected chi connectivity index (χ2v) is 5.11. The number of fused-ring (bicyclic) bond motifs is 1. The number of furan rings is 1. The van der Waals surface area contributed by atoms with Gasteiger partial charge in [-0.25, -0.2) is 0 Å². The summed E-state index contributed by atoms with van der Waals surface area (Å²) in [5, 5.41) is 13.4. The number of hydrogen-bond donors (Lipinski definition) is 2. The fraction of sp³-hybridized carbons (Fsp3) is 0.467. The van der Waals surface area contributed by atoms with Crippen LogP contribution in [-0.2, 0) is 6.54 Å². The van der Waals surface area contributed by atoms with Crippen molar-refractivity contribution in [3.8, 4) is 0 Å². The molecule has 0 aliphatic heterocycles. The number of nitrogens with one attached hydrogen (secondary N) is 1. The highest BCUT2D eigenvalue weighted by atomic mass is 16.3. The smallest absolute Gasteiger partial charge is 0.134 e. The highest BCUT2D eigenvalue weighted by Gasteiger charge is 2.06. The van der Waals surface area contributed by atoms with Gasteiger partial charge >= 0.3 is 0 Å². The maximum atomic E-state index is 8.94. The lowest BCUT2D eigenvalue weighted by Gasteiger charge is -2.07. The number of aliphatic hydroxyl groups excluding tert-OH is 1. The quantitative estimate of drug-likeness (QED) is 0.854. The summed E-state index contributed by atoms with van der Waals surface area (Å²) in [7, 11) is 0. The Kier molecular flexibility index (Phi) is 4.04. The van der Waals surface area contributed by atoms with Gasteiger partial charge in [0.15, 0.2) is 0 Å². The number of rotatable bonds is 5. The van der Waals surface area contributed by atoms with Crippen molar-refractivity contribution < 1.29 is 9.52 Å². The maximum Gasteiger partial charge on any atom is 0.134 e. The Morgan fingerprint density at radius 3 is 2.67 bits per heavy atom. The lowest BCUT2D eigenvalue weighted by atomic mass is 10.1. The van der Waals surface area contributed by atoms with Crippen LogP contribution >= 0.6 is 0 Å². The molecule has 2 N–H and O–H groups in total. The minimum atomic E-state index is 0.214. The molecular formula is C15H21NO2. The maximum absolute atomic E-state index is 8.94. The molecule has 0 aliphatic rings. The standard InChI is InChI=1S/C15H21NO2/c1-10(9-17)7-16-8-14-6-13-4-11(2)12(3)5-15(13)18-14/h4-6,10,16-17H,7-9H2,1-3H3. The van der Waals surface area contributed by atoms with Gasteiger partial charge in [0, 0.05) is 18.5 Å². The van der Waals surface area contributed by atoms with Crippen LogP contribution < -0.4 is 5.32 Å². The average molecular weight is 247 g/mol. The van der Waals surface area contributed by atoms with E-state index >= 15 is 0 Å². The Morgan fingerprint density at radius 1 is 1.22 bits per heavy atom. The molecule has 2 rings (SSSR count).